The van der Waals surface area contributed by atoms with E-state index in [1.54, 1.807) is 0 Å². The van der Waals surface area contributed by atoms with Crippen LogP contribution in [0.5, 0.6) is 0 Å². The van der Waals surface area contributed by atoms with Gasteiger partial charge in [-0.15, -0.1) is 0 Å². The minimum Gasteiger partial charge on any atom is -0.373 e. The highest BCUT2D eigenvalue weighted by molar-refractivity contribution is 5.96. The third-order valence-electron chi connectivity index (χ3n) is 3.01. The van der Waals surface area contributed by atoms with Crippen molar-refractivity contribution in [1.82, 2.24) is 15.1 Å². The maximum atomic E-state index is 11.9. The van der Waals surface area contributed by atoms with Gasteiger partial charge in [-0.2, -0.15) is 0 Å². The third-order valence-corrected chi connectivity index (χ3v) is 3.01. The topological polar surface area (TPSA) is 61.9 Å². The van der Waals surface area contributed by atoms with E-state index >= 15 is 0 Å². The van der Waals surface area contributed by atoms with Crippen molar-refractivity contribution >= 4 is 11.9 Å². The number of imide groups is 1. The van der Waals surface area contributed by atoms with Crippen molar-refractivity contribution in [3.63, 3.8) is 0 Å². The summed E-state index contributed by atoms with van der Waals surface area (Å²) in [5.41, 5.74) is 0. The van der Waals surface area contributed by atoms with Crippen LogP contribution in [0.4, 0.5) is 4.79 Å². The molecule has 0 aromatic heterocycles. The van der Waals surface area contributed by atoms with Gasteiger partial charge in [0.2, 0.25) is 5.91 Å². The minimum atomic E-state index is -0.274. The number of carbonyl (C=O) groups excluding carboxylic acids is 2. The molecule has 0 aliphatic carbocycles. The van der Waals surface area contributed by atoms with E-state index in [9.17, 15) is 9.59 Å². The first-order chi connectivity index (χ1) is 8.06. The van der Waals surface area contributed by atoms with Crippen LogP contribution in [0.2, 0.25) is 0 Å². The summed E-state index contributed by atoms with van der Waals surface area (Å²) in [6.45, 7) is 6.81. The van der Waals surface area contributed by atoms with Crippen molar-refractivity contribution in [1.29, 1.82) is 0 Å². The van der Waals surface area contributed by atoms with Crippen molar-refractivity contribution in [2.45, 2.75) is 26.1 Å². The van der Waals surface area contributed by atoms with Gasteiger partial charge >= 0.3 is 6.03 Å². The van der Waals surface area contributed by atoms with Gasteiger partial charge in [0.1, 0.15) is 0 Å². The molecule has 2 atom stereocenters. The number of ether oxygens (including phenoxy) is 1. The fourth-order valence-corrected chi connectivity index (χ4v) is 2.40. The molecule has 0 spiro atoms. The van der Waals surface area contributed by atoms with E-state index in [0.717, 1.165) is 13.1 Å². The van der Waals surface area contributed by atoms with Gasteiger partial charge in [-0.25, -0.2) is 4.79 Å². The van der Waals surface area contributed by atoms with E-state index < -0.39 is 0 Å². The minimum absolute atomic E-state index is 0.124. The Kier molecular flexibility index (Phi) is 3.63. The second kappa shape index (κ2) is 5.01. The van der Waals surface area contributed by atoms with Gasteiger partial charge in [-0.05, 0) is 13.8 Å². The molecular formula is C11H19N3O3. The van der Waals surface area contributed by atoms with Gasteiger partial charge in [0.05, 0.1) is 18.8 Å². The molecule has 0 aromatic carbocycles. The summed E-state index contributed by atoms with van der Waals surface area (Å²) in [5, 5.41) is 2.63. The summed E-state index contributed by atoms with van der Waals surface area (Å²) >= 11 is 0. The molecule has 2 heterocycles. The Morgan fingerprint density at radius 3 is 2.59 bits per heavy atom. The Morgan fingerprint density at radius 1 is 1.41 bits per heavy atom. The number of nitrogens with one attached hydrogen (secondary N) is 1. The van der Waals surface area contributed by atoms with E-state index in [-0.39, 0.29) is 24.1 Å². The lowest BCUT2D eigenvalue weighted by molar-refractivity contribution is -0.132. The number of rotatable bonds is 2. The van der Waals surface area contributed by atoms with Crippen LogP contribution < -0.4 is 5.32 Å². The lowest BCUT2D eigenvalue weighted by atomic mass is 10.2. The van der Waals surface area contributed by atoms with Crippen LogP contribution in [-0.2, 0) is 9.53 Å². The summed E-state index contributed by atoms with van der Waals surface area (Å²) in [5.74, 6) is -0.124. The first-order valence-electron chi connectivity index (χ1n) is 6.02. The zero-order valence-electron chi connectivity index (χ0n) is 10.3. The van der Waals surface area contributed by atoms with Gasteiger partial charge in [-0.1, -0.05) is 0 Å². The van der Waals surface area contributed by atoms with Gasteiger partial charge in [0, 0.05) is 26.2 Å². The second-order valence-corrected chi connectivity index (χ2v) is 4.73. The predicted molar refractivity (Wildman–Crippen MR) is 61.6 cm³/mol. The fourth-order valence-electron chi connectivity index (χ4n) is 2.40. The van der Waals surface area contributed by atoms with Gasteiger partial charge in [-0.3, -0.25) is 14.6 Å². The van der Waals surface area contributed by atoms with Crippen LogP contribution in [0.25, 0.3) is 0 Å². The van der Waals surface area contributed by atoms with Crippen LogP contribution >= 0.6 is 0 Å². The lowest BCUT2D eigenvalue weighted by Gasteiger charge is -2.35. The first-order valence-corrected chi connectivity index (χ1v) is 6.02. The first kappa shape index (κ1) is 12.3. The molecule has 17 heavy (non-hydrogen) atoms. The molecule has 2 saturated heterocycles. The summed E-state index contributed by atoms with van der Waals surface area (Å²) in [7, 11) is 0. The molecule has 2 rings (SSSR count). The summed E-state index contributed by atoms with van der Waals surface area (Å²) < 4.78 is 5.60. The van der Waals surface area contributed by atoms with E-state index in [1.165, 1.54) is 4.90 Å². The number of amides is 3. The van der Waals surface area contributed by atoms with Crippen LogP contribution in [0.3, 0.4) is 0 Å². The van der Waals surface area contributed by atoms with E-state index in [2.05, 4.69) is 5.32 Å². The standard InChI is InChI=1S/C11H19N3O3/c1-8-5-13(6-9(2)17-8)7-10(15)14-4-3-12-11(14)16/h8-9H,3-7H2,1-2H3,(H,12,16). The zero-order chi connectivity index (χ0) is 12.4. The quantitative estimate of drug-likeness (QED) is 0.717. The van der Waals surface area contributed by atoms with Crippen molar-refractivity contribution in [3.05, 3.63) is 0 Å². The summed E-state index contributed by atoms with van der Waals surface area (Å²) in [4.78, 5) is 26.6. The Balaban J connectivity index is 1.87. The number of morpholine rings is 1. The average molecular weight is 241 g/mol. The maximum absolute atomic E-state index is 11.9. The van der Waals surface area contributed by atoms with Crippen LogP contribution in [0.15, 0.2) is 0 Å². The van der Waals surface area contributed by atoms with Gasteiger partial charge in [0.15, 0.2) is 0 Å². The van der Waals surface area contributed by atoms with Crippen LogP contribution in [-0.4, -0.2) is 66.7 Å². The monoisotopic (exact) mass is 241 g/mol. The molecule has 96 valence electrons. The highest BCUT2D eigenvalue weighted by Gasteiger charge is 2.29. The molecular weight excluding hydrogens is 222 g/mol. The van der Waals surface area contributed by atoms with Crippen molar-refractivity contribution in [2.24, 2.45) is 0 Å². The zero-order valence-corrected chi connectivity index (χ0v) is 10.3. The molecule has 2 unspecified atom stereocenters. The highest BCUT2D eigenvalue weighted by atomic mass is 16.5. The number of carbonyl (C=O) groups is 2. The number of nitrogens with zero attached hydrogens (tertiary/aromatic N) is 2. The van der Waals surface area contributed by atoms with Gasteiger partial charge < -0.3 is 10.1 Å². The highest BCUT2D eigenvalue weighted by Crippen LogP contribution is 2.11. The largest absolute Gasteiger partial charge is 0.373 e. The molecule has 0 saturated carbocycles. The average Bonchev–Trinajstić information content (AvgIpc) is 2.62. The number of urea groups is 1. The second-order valence-electron chi connectivity index (χ2n) is 4.73. The van der Waals surface area contributed by atoms with Crippen molar-refractivity contribution in [2.75, 3.05) is 32.7 Å². The molecule has 0 bridgehead atoms. The Bertz CT molecular complexity index is 311. The van der Waals surface area contributed by atoms with Crippen LogP contribution in [0.1, 0.15) is 13.8 Å². The molecule has 6 nitrogen and oxygen atoms in total. The Labute approximate surface area is 101 Å². The molecule has 0 radical (unpaired) electrons. The lowest BCUT2D eigenvalue weighted by Crippen LogP contribution is -2.50. The van der Waals surface area contributed by atoms with E-state index in [1.807, 2.05) is 18.7 Å². The number of hydrogen-bond donors (Lipinski definition) is 1. The molecule has 2 fully saturated rings. The molecule has 2 aliphatic heterocycles. The summed E-state index contributed by atoms with van der Waals surface area (Å²) in [6.07, 6.45) is 0.276. The normalized spacial score (nSPS) is 30.5. The van der Waals surface area contributed by atoms with E-state index in [4.69, 9.17) is 4.74 Å². The molecule has 3 amide bonds. The van der Waals surface area contributed by atoms with Crippen molar-refractivity contribution < 1.29 is 14.3 Å². The fraction of sp³-hybridized carbons (Fsp3) is 0.818. The summed E-state index contributed by atoms with van der Waals surface area (Å²) in [6, 6.07) is -0.274. The molecule has 6 heteroatoms. The van der Waals surface area contributed by atoms with E-state index in [0.29, 0.717) is 19.6 Å². The Morgan fingerprint density at radius 2 is 2.06 bits per heavy atom. The SMILES string of the molecule is CC1CN(CC(=O)N2CCNC2=O)CC(C)O1. The van der Waals surface area contributed by atoms with Crippen LogP contribution in [0, 0.1) is 0 Å². The molecule has 0 aromatic rings. The maximum Gasteiger partial charge on any atom is 0.324 e. The van der Waals surface area contributed by atoms with Gasteiger partial charge in [0.25, 0.3) is 0 Å². The molecule has 2 aliphatic rings. The Hall–Kier alpha value is -1.14. The molecule has 1 N–H and O–H groups in total. The predicted octanol–water partition coefficient (Wildman–Crippen LogP) is -0.353. The van der Waals surface area contributed by atoms with Crippen molar-refractivity contribution in [3.8, 4) is 0 Å². The number of hydrogen-bond acceptors (Lipinski definition) is 4. The smallest absolute Gasteiger partial charge is 0.324 e. The third kappa shape index (κ3) is 2.95.